The number of hydrogen-bond donors (Lipinski definition) is 0. The zero-order chi connectivity index (χ0) is 12.8. The number of hydrogen-bond acceptors (Lipinski definition) is 3. The molecule has 0 aromatic rings. The molecule has 0 N–H and O–H groups in total. The highest BCUT2D eigenvalue weighted by atomic mass is 16.1. The Kier molecular flexibility index (Phi) is 2.74. The monoisotopic (exact) mass is 253 g/mol. The largest absolute Gasteiger partial charge is 0.337 e. The van der Waals surface area contributed by atoms with Crippen LogP contribution in [-0.2, 0) is 4.79 Å². The fourth-order valence-electron chi connectivity index (χ4n) is 3.64. The third kappa shape index (κ3) is 1.94. The van der Waals surface area contributed by atoms with Crippen LogP contribution in [0.25, 0.3) is 0 Å². The summed E-state index contributed by atoms with van der Waals surface area (Å²) in [6, 6.07) is 0.622. The molecule has 0 spiro atoms. The maximum Gasteiger partial charge on any atom is 0.252 e. The number of fused-ring (bicyclic) bond motifs is 2. The first-order valence-corrected chi connectivity index (χ1v) is 7.27. The number of carbonyl (C=O) groups excluding carboxylic acids is 1. The van der Waals surface area contributed by atoms with Crippen molar-refractivity contribution in [3.63, 3.8) is 0 Å². The average Bonchev–Trinajstić information content (AvgIpc) is 3.03. The number of piperazine rings is 1. The van der Waals surface area contributed by atoms with E-state index >= 15 is 0 Å². The number of Topliss-reactive ketones (excluding diaryl/α,β-unsaturated/α-hetero) is 1. The molecule has 97 valence electrons. The molecule has 2 unspecified atom stereocenters. The van der Waals surface area contributed by atoms with Crippen LogP contribution in [0.3, 0.4) is 0 Å². The second kappa shape index (κ2) is 4.46. The Balaban J connectivity index is 1.48. The Hall–Kier alpha value is -1.13. The van der Waals surface area contributed by atoms with E-state index in [9.17, 15) is 4.79 Å². The van der Waals surface area contributed by atoms with Crippen LogP contribution in [-0.4, -0.2) is 55.1 Å². The van der Waals surface area contributed by atoms with Crippen LogP contribution in [0.1, 0.15) is 19.3 Å². The van der Waals surface area contributed by atoms with Gasteiger partial charge in [0.25, 0.3) is 7.41 Å². The van der Waals surface area contributed by atoms with E-state index in [1.807, 2.05) is 6.08 Å². The van der Waals surface area contributed by atoms with E-state index in [4.69, 9.17) is 0 Å². The maximum atomic E-state index is 12.4. The Morgan fingerprint density at radius 1 is 1.21 bits per heavy atom. The molecule has 2 atom stereocenters. The van der Waals surface area contributed by atoms with Crippen LogP contribution in [0.4, 0.5) is 0 Å². The van der Waals surface area contributed by atoms with Gasteiger partial charge < -0.3 is 9.71 Å². The van der Waals surface area contributed by atoms with E-state index in [1.54, 1.807) is 0 Å². The second-order valence-corrected chi connectivity index (χ2v) is 5.93. The molecular weight excluding hydrogens is 235 g/mol. The molecule has 0 amide bonds. The van der Waals surface area contributed by atoms with Gasteiger partial charge in [0.15, 0.2) is 5.78 Å². The van der Waals surface area contributed by atoms with Crippen molar-refractivity contribution >= 4 is 13.2 Å². The van der Waals surface area contributed by atoms with Gasteiger partial charge in [-0.1, -0.05) is 23.8 Å². The summed E-state index contributed by atoms with van der Waals surface area (Å²) in [4.78, 5) is 17.4. The fraction of sp³-hybridized carbons (Fsp3) is 0.533. The molecule has 2 aliphatic carbocycles. The molecule has 0 aromatic carbocycles. The summed E-state index contributed by atoms with van der Waals surface area (Å²) < 4.78 is 0. The van der Waals surface area contributed by atoms with Gasteiger partial charge in [-0.05, 0) is 31.3 Å². The molecule has 2 fully saturated rings. The molecule has 19 heavy (non-hydrogen) atoms. The summed E-state index contributed by atoms with van der Waals surface area (Å²) in [5, 5.41) is 0. The summed E-state index contributed by atoms with van der Waals surface area (Å²) in [7, 11) is 2.13. The summed E-state index contributed by atoms with van der Waals surface area (Å²) in [5.74, 6) is 0.232. The van der Waals surface area contributed by atoms with Crippen molar-refractivity contribution in [1.29, 1.82) is 0 Å². The molecule has 0 aromatic heterocycles. The van der Waals surface area contributed by atoms with E-state index in [-0.39, 0.29) is 5.78 Å². The number of carbonyl (C=O) groups is 1. The molecule has 1 radical (unpaired) electrons. The maximum absolute atomic E-state index is 12.4. The third-order valence-electron chi connectivity index (χ3n) is 4.80. The zero-order valence-corrected chi connectivity index (χ0v) is 11.1. The van der Waals surface area contributed by atoms with E-state index in [0.717, 1.165) is 37.0 Å². The molecule has 2 aliphatic heterocycles. The van der Waals surface area contributed by atoms with Gasteiger partial charge in [-0.3, -0.25) is 4.79 Å². The molecule has 2 heterocycles. The van der Waals surface area contributed by atoms with Crippen molar-refractivity contribution < 1.29 is 4.79 Å². The number of allylic oxidation sites excluding steroid dienone is 6. The van der Waals surface area contributed by atoms with Gasteiger partial charge in [-0.25, -0.2) is 0 Å². The minimum absolute atomic E-state index is 0.232. The highest BCUT2D eigenvalue weighted by molar-refractivity contribution is 6.54. The Morgan fingerprint density at radius 3 is 3.11 bits per heavy atom. The Labute approximate surface area is 114 Å². The number of ketones is 1. The highest BCUT2D eigenvalue weighted by Gasteiger charge is 2.34. The Bertz CT molecular complexity index is 520. The topological polar surface area (TPSA) is 23.6 Å². The average molecular weight is 253 g/mol. The SMILES string of the molecule is O=C1C([B]N2CCN3CCC2C3)=CCC2=C1C=CC2. The molecular formula is C15H18BN2O. The molecule has 4 rings (SSSR count). The first-order valence-electron chi connectivity index (χ1n) is 7.27. The fourth-order valence-corrected chi connectivity index (χ4v) is 3.64. The van der Waals surface area contributed by atoms with E-state index in [2.05, 4.69) is 29.3 Å². The smallest absolute Gasteiger partial charge is 0.252 e. The van der Waals surface area contributed by atoms with E-state index in [1.165, 1.54) is 25.1 Å². The van der Waals surface area contributed by atoms with Crippen molar-refractivity contribution in [2.24, 2.45) is 0 Å². The van der Waals surface area contributed by atoms with Gasteiger partial charge in [0.1, 0.15) is 0 Å². The van der Waals surface area contributed by atoms with Crippen LogP contribution in [0.5, 0.6) is 0 Å². The predicted octanol–water partition coefficient (Wildman–Crippen LogP) is 1.11. The standard InChI is InChI=1S/C15H18BN2O/c19-15-13-3-1-2-11(13)4-5-14(15)16-18-9-8-17-7-6-12(18)10-17/h1,3,5,12H,2,4,6-10H2. The summed E-state index contributed by atoms with van der Waals surface area (Å²) in [5.41, 5.74) is 3.16. The summed E-state index contributed by atoms with van der Waals surface area (Å²) in [6.07, 6.45) is 9.39. The van der Waals surface area contributed by atoms with Crippen LogP contribution < -0.4 is 0 Å². The van der Waals surface area contributed by atoms with Crippen molar-refractivity contribution in [2.45, 2.75) is 25.3 Å². The van der Waals surface area contributed by atoms with Gasteiger partial charge >= 0.3 is 0 Å². The van der Waals surface area contributed by atoms with Crippen LogP contribution >= 0.6 is 0 Å². The lowest BCUT2D eigenvalue weighted by Crippen LogP contribution is -2.49. The van der Waals surface area contributed by atoms with Gasteiger partial charge in [0.05, 0.1) is 0 Å². The van der Waals surface area contributed by atoms with Crippen LogP contribution in [0.15, 0.2) is 34.8 Å². The van der Waals surface area contributed by atoms with Gasteiger partial charge in [-0.15, -0.1) is 0 Å². The first-order chi connectivity index (χ1) is 9.31. The van der Waals surface area contributed by atoms with Gasteiger partial charge in [0, 0.05) is 31.2 Å². The molecule has 3 nitrogen and oxygen atoms in total. The molecule has 4 aliphatic rings. The lowest BCUT2D eigenvalue weighted by atomic mass is 9.71. The van der Waals surface area contributed by atoms with Crippen molar-refractivity contribution in [3.8, 4) is 0 Å². The van der Waals surface area contributed by atoms with E-state index in [0.29, 0.717) is 6.04 Å². The minimum atomic E-state index is 0.232. The normalized spacial score (nSPS) is 33.7. The molecule has 2 saturated heterocycles. The molecule has 2 bridgehead atoms. The quantitative estimate of drug-likeness (QED) is 0.689. The molecule has 0 saturated carbocycles. The third-order valence-corrected chi connectivity index (χ3v) is 4.80. The summed E-state index contributed by atoms with van der Waals surface area (Å²) in [6.45, 7) is 4.60. The zero-order valence-electron chi connectivity index (χ0n) is 11.1. The lowest BCUT2D eigenvalue weighted by molar-refractivity contribution is -0.111. The van der Waals surface area contributed by atoms with Gasteiger partial charge in [-0.2, -0.15) is 0 Å². The lowest BCUT2D eigenvalue weighted by Gasteiger charge is -2.34. The van der Waals surface area contributed by atoms with Gasteiger partial charge in [0.2, 0.25) is 0 Å². The predicted molar refractivity (Wildman–Crippen MR) is 75.8 cm³/mol. The van der Waals surface area contributed by atoms with Crippen molar-refractivity contribution in [3.05, 3.63) is 34.8 Å². The van der Waals surface area contributed by atoms with Crippen LogP contribution in [0.2, 0.25) is 0 Å². The molecule has 4 heteroatoms. The minimum Gasteiger partial charge on any atom is -0.337 e. The van der Waals surface area contributed by atoms with E-state index < -0.39 is 0 Å². The Morgan fingerprint density at radius 2 is 2.16 bits per heavy atom. The summed E-state index contributed by atoms with van der Waals surface area (Å²) >= 11 is 0. The second-order valence-electron chi connectivity index (χ2n) is 5.93. The highest BCUT2D eigenvalue weighted by Crippen LogP contribution is 2.30. The van der Waals surface area contributed by atoms with Crippen LogP contribution in [0, 0.1) is 0 Å². The van der Waals surface area contributed by atoms with Crippen molar-refractivity contribution in [1.82, 2.24) is 9.71 Å². The number of nitrogens with zero attached hydrogens (tertiary/aromatic N) is 2. The first kappa shape index (κ1) is 11.7. The number of rotatable bonds is 2. The van der Waals surface area contributed by atoms with Crippen molar-refractivity contribution in [2.75, 3.05) is 26.2 Å².